The van der Waals surface area contributed by atoms with Crippen LogP contribution in [0.1, 0.15) is 53.9 Å². The highest BCUT2D eigenvalue weighted by Gasteiger charge is 2.20. The maximum atomic E-state index is 2.51. The second-order valence-electron chi connectivity index (χ2n) is 4.04. The van der Waals surface area contributed by atoms with Crippen molar-refractivity contribution in [2.75, 3.05) is 33.7 Å². The molecule has 0 aromatic rings. The second-order valence-corrected chi connectivity index (χ2v) is 4.04. The molecule has 1 fully saturated rings. The van der Waals surface area contributed by atoms with Crippen LogP contribution in [0.5, 0.6) is 0 Å². The number of hydrogen-bond donors (Lipinski definition) is 0. The molecule has 0 N–H and O–H groups in total. The van der Waals surface area contributed by atoms with Crippen molar-refractivity contribution in [3.8, 4) is 0 Å². The Morgan fingerprint density at radius 2 is 1.56 bits per heavy atom. The first-order valence-corrected chi connectivity index (χ1v) is 7.12. The SMILES string of the molecule is CC.CC.CCCC[C@@H]1CN(C)CCN1C. The van der Waals surface area contributed by atoms with E-state index in [1.807, 2.05) is 27.7 Å². The molecule has 0 aromatic heterocycles. The van der Waals surface area contributed by atoms with Crippen molar-refractivity contribution < 1.29 is 0 Å². The van der Waals surface area contributed by atoms with E-state index in [0.29, 0.717) is 0 Å². The van der Waals surface area contributed by atoms with Gasteiger partial charge in [0, 0.05) is 25.7 Å². The standard InChI is InChI=1S/C10H22N2.2C2H6/c1-4-5-6-10-9-11(2)7-8-12(10)3;2*1-2/h10H,4-9H2,1-3H3;2*1-2H3/t10-;;/m1../s1. The average Bonchev–Trinajstić information content (AvgIpc) is 2.35. The third kappa shape index (κ3) is 8.12. The molecule has 0 amide bonds. The summed E-state index contributed by atoms with van der Waals surface area (Å²) in [5.41, 5.74) is 0. The van der Waals surface area contributed by atoms with Gasteiger partial charge >= 0.3 is 0 Å². The fourth-order valence-electron chi connectivity index (χ4n) is 1.85. The summed E-state index contributed by atoms with van der Waals surface area (Å²) in [6, 6.07) is 0.809. The zero-order chi connectivity index (χ0) is 13.0. The minimum atomic E-state index is 0.809. The Bertz CT molecular complexity index is 126. The minimum absolute atomic E-state index is 0.809. The minimum Gasteiger partial charge on any atom is -0.304 e. The average molecular weight is 230 g/mol. The van der Waals surface area contributed by atoms with Crippen molar-refractivity contribution in [2.45, 2.75) is 59.9 Å². The van der Waals surface area contributed by atoms with Crippen LogP contribution in [-0.2, 0) is 0 Å². The van der Waals surface area contributed by atoms with Gasteiger partial charge in [-0.05, 0) is 20.5 Å². The van der Waals surface area contributed by atoms with E-state index >= 15 is 0 Å². The Morgan fingerprint density at radius 1 is 1.00 bits per heavy atom. The first-order valence-electron chi connectivity index (χ1n) is 7.12. The number of hydrogen-bond acceptors (Lipinski definition) is 2. The third-order valence-corrected chi connectivity index (χ3v) is 2.87. The van der Waals surface area contributed by atoms with Crippen LogP contribution in [0.3, 0.4) is 0 Å². The van der Waals surface area contributed by atoms with Gasteiger partial charge in [-0.25, -0.2) is 0 Å². The molecule has 1 heterocycles. The molecule has 1 saturated heterocycles. The molecule has 2 nitrogen and oxygen atoms in total. The summed E-state index contributed by atoms with van der Waals surface area (Å²) in [7, 11) is 4.49. The van der Waals surface area contributed by atoms with E-state index in [1.54, 1.807) is 0 Å². The topological polar surface area (TPSA) is 6.48 Å². The maximum Gasteiger partial charge on any atom is 0.0220 e. The summed E-state index contributed by atoms with van der Waals surface area (Å²) < 4.78 is 0. The molecule has 0 saturated carbocycles. The predicted molar refractivity (Wildman–Crippen MR) is 76.1 cm³/mol. The van der Waals surface area contributed by atoms with Gasteiger partial charge in [0.1, 0.15) is 0 Å². The third-order valence-electron chi connectivity index (χ3n) is 2.87. The largest absolute Gasteiger partial charge is 0.304 e. The van der Waals surface area contributed by atoms with Crippen LogP contribution in [0.2, 0.25) is 0 Å². The molecule has 0 unspecified atom stereocenters. The van der Waals surface area contributed by atoms with E-state index in [1.165, 1.54) is 38.9 Å². The fraction of sp³-hybridized carbons (Fsp3) is 1.00. The van der Waals surface area contributed by atoms with Gasteiger partial charge in [-0.2, -0.15) is 0 Å². The van der Waals surface area contributed by atoms with E-state index in [0.717, 1.165) is 6.04 Å². The van der Waals surface area contributed by atoms with Crippen molar-refractivity contribution in [3.63, 3.8) is 0 Å². The summed E-state index contributed by atoms with van der Waals surface area (Å²) in [6.07, 6.45) is 4.08. The summed E-state index contributed by atoms with van der Waals surface area (Å²) in [5.74, 6) is 0. The molecule has 1 aliphatic rings. The zero-order valence-electron chi connectivity index (χ0n) is 12.7. The van der Waals surface area contributed by atoms with Gasteiger partial charge in [-0.15, -0.1) is 0 Å². The summed E-state index contributed by atoms with van der Waals surface area (Å²) in [4.78, 5) is 4.95. The fourth-order valence-corrected chi connectivity index (χ4v) is 1.85. The number of likely N-dealkylation sites (N-methyl/N-ethyl adjacent to an activating group) is 2. The Balaban J connectivity index is 0. The summed E-state index contributed by atoms with van der Waals surface area (Å²) in [6.45, 7) is 14.0. The van der Waals surface area contributed by atoms with Crippen LogP contribution < -0.4 is 0 Å². The predicted octanol–water partition coefficient (Wildman–Crippen LogP) is 3.47. The first kappa shape index (κ1) is 18.3. The van der Waals surface area contributed by atoms with E-state index in [9.17, 15) is 0 Å². The number of nitrogens with zero attached hydrogens (tertiary/aromatic N) is 2. The van der Waals surface area contributed by atoms with E-state index in [4.69, 9.17) is 0 Å². The molecular weight excluding hydrogens is 196 g/mol. The van der Waals surface area contributed by atoms with Crippen LogP contribution in [0.4, 0.5) is 0 Å². The highest BCUT2D eigenvalue weighted by molar-refractivity contribution is 4.77. The second kappa shape index (κ2) is 13.0. The molecular formula is C14H34N2. The van der Waals surface area contributed by atoms with Gasteiger partial charge in [-0.3, -0.25) is 0 Å². The van der Waals surface area contributed by atoms with Crippen molar-refractivity contribution in [1.82, 2.24) is 9.80 Å². The molecule has 16 heavy (non-hydrogen) atoms. The molecule has 1 rings (SSSR count). The molecule has 1 aliphatic heterocycles. The van der Waals surface area contributed by atoms with Crippen LogP contribution >= 0.6 is 0 Å². The van der Waals surface area contributed by atoms with Gasteiger partial charge in [0.15, 0.2) is 0 Å². The molecule has 1 atom stereocenters. The lowest BCUT2D eigenvalue weighted by atomic mass is 10.1. The van der Waals surface area contributed by atoms with Gasteiger partial charge in [-0.1, -0.05) is 47.5 Å². The number of unbranched alkanes of at least 4 members (excludes halogenated alkanes) is 1. The van der Waals surface area contributed by atoms with Crippen LogP contribution in [0.25, 0.3) is 0 Å². The highest BCUT2D eigenvalue weighted by atomic mass is 15.3. The van der Waals surface area contributed by atoms with E-state index in [-0.39, 0.29) is 0 Å². The number of rotatable bonds is 3. The molecule has 0 bridgehead atoms. The van der Waals surface area contributed by atoms with Gasteiger partial charge in [0.2, 0.25) is 0 Å². The van der Waals surface area contributed by atoms with Crippen molar-refractivity contribution in [3.05, 3.63) is 0 Å². The normalized spacial score (nSPS) is 21.6. The summed E-state index contributed by atoms with van der Waals surface area (Å²) in [5, 5.41) is 0. The smallest absolute Gasteiger partial charge is 0.0220 e. The van der Waals surface area contributed by atoms with Crippen molar-refractivity contribution >= 4 is 0 Å². The monoisotopic (exact) mass is 230 g/mol. The van der Waals surface area contributed by atoms with Crippen LogP contribution in [0.15, 0.2) is 0 Å². The Labute approximate surface area is 104 Å². The lowest BCUT2D eigenvalue weighted by Gasteiger charge is -2.37. The van der Waals surface area contributed by atoms with Gasteiger partial charge in [0.25, 0.3) is 0 Å². The van der Waals surface area contributed by atoms with Crippen LogP contribution in [0, 0.1) is 0 Å². The molecule has 0 spiro atoms. The number of piperazine rings is 1. The molecule has 0 radical (unpaired) electrons. The van der Waals surface area contributed by atoms with E-state index in [2.05, 4.69) is 30.8 Å². The quantitative estimate of drug-likeness (QED) is 0.732. The first-order chi connectivity index (χ1) is 7.74. The summed E-state index contributed by atoms with van der Waals surface area (Å²) >= 11 is 0. The van der Waals surface area contributed by atoms with Crippen LogP contribution in [-0.4, -0.2) is 49.6 Å². The molecule has 0 aliphatic carbocycles. The Morgan fingerprint density at radius 3 is 2.06 bits per heavy atom. The zero-order valence-corrected chi connectivity index (χ0v) is 12.7. The van der Waals surface area contributed by atoms with Gasteiger partial charge in [0.05, 0.1) is 0 Å². The van der Waals surface area contributed by atoms with Crippen molar-refractivity contribution in [2.24, 2.45) is 0 Å². The van der Waals surface area contributed by atoms with Crippen molar-refractivity contribution in [1.29, 1.82) is 0 Å². The highest BCUT2D eigenvalue weighted by Crippen LogP contribution is 2.12. The van der Waals surface area contributed by atoms with Gasteiger partial charge < -0.3 is 9.80 Å². The molecule has 0 aromatic carbocycles. The van der Waals surface area contributed by atoms with E-state index < -0.39 is 0 Å². The molecule has 2 heteroatoms. The lowest BCUT2D eigenvalue weighted by molar-refractivity contribution is 0.107. The lowest BCUT2D eigenvalue weighted by Crippen LogP contribution is -2.49. The Hall–Kier alpha value is -0.0800. The molecule has 100 valence electrons. The Kier molecular flexibility index (Phi) is 14.8. The maximum absolute atomic E-state index is 2.51.